The number of amides is 1. The fourth-order valence-electron chi connectivity index (χ4n) is 3.18. The highest BCUT2D eigenvalue weighted by molar-refractivity contribution is 6.05. The van der Waals surface area contributed by atoms with E-state index in [1.54, 1.807) is 7.11 Å². The molecule has 1 aliphatic carbocycles. The van der Waals surface area contributed by atoms with Crippen molar-refractivity contribution < 1.29 is 9.53 Å². The second-order valence-electron chi connectivity index (χ2n) is 7.46. The van der Waals surface area contributed by atoms with Crippen LogP contribution in [-0.2, 0) is 18.3 Å². The molecule has 2 aromatic rings. The zero-order valence-electron chi connectivity index (χ0n) is 14.9. The molecule has 0 saturated heterocycles. The van der Waals surface area contributed by atoms with Crippen LogP contribution in [-0.4, -0.2) is 13.0 Å². The first-order valence-corrected chi connectivity index (χ1v) is 8.50. The average molecular weight is 323 g/mol. The number of carbonyl (C=O) groups is 1. The summed E-state index contributed by atoms with van der Waals surface area (Å²) < 4.78 is 5.46. The van der Waals surface area contributed by atoms with Gasteiger partial charge in [-0.05, 0) is 65.6 Å². The summed E-state index contributed by atoms with van der Waals surface area (Å²) in [6, 6.07) is 11.9. The molecule has 0 saturated carbocycles. The molecule has 3 heteroatoms. The number of aryl methyl sites for hydroxylation is 2. The summed E-state index contributed by atoms with van der Waals surface area (Å²) in [6.45, 7) is 6.49. The number of fused-ring (bicyclic) bond motifs is 1. The molecule has 3 rings (SSSR count). The van der Waals surface area contributed by atoms with Crippen molar-refractivity contribution in [2.45, 2.75) is 45.4 Å². The highest BCUT2D eigenvalue weighted by atomic mass is 16.5. The molecule has 3 nitrogen and oxygen atoms in total. The highest BCUT2D eigenvalue weighted by Gasteiger charge is 2.18. The zero-order valence-corrected chi connectivity index (χ0v) is 14.9. The van der Waals surface area contributed by atoms with E-state index in [9.17, 15) is 4.79 Å². The first kappa shape index (κ1) is 16.6. The normalized spacial score (nSPS) is 13.5. The third-order valence-corrected chi connectivity index (χ3v) is 4.68. The van der Waals surface area contributed by atoms with E-state index in [1.165, 1.54) is 23.1 Å². The molecule has 0 bridgehead atoms. The minimum Gasteiger partial charge on any atom is -0.495 e. The number of carbonyl (C=O) groups excluding carboxylic acids is 1. The molecule has 0 aliphatic heterocycles. The lowest BCUT2D eigenvalue weighted by Gasteiger charge is -2.19. The predicted molar refractivity (Wildman–Crippen MR) is 98.1 cm³/mol. The van der Waals surface area contributed by atoms with Crippen molar-refractivity contribution in [1.82, 2.24) is 0 Å². The van der Waals surface area contributed by atoms with Crippen molar-refractivity contribution in [3.05, 3.63) is 58.7 Å². The van der Waals surface area contributed by atoms with Gasteiger partial charge in [0.15, 0.2) is 0 Å². The first-order chi connectivity index (χ1) is 11.4. The van der Waals surface area contributed by atoms with E-state index in [2.05, 4.69) is 38.2 Å². The van der Waals surface area contributed by atoms with Crippen LogP contribution < -0.4 is 10.1 Å². The smallest absolute Gasteiger partial charge is 0.255 e. The fraction of sp³-hybridized carbons (Fsp3) is 0.381. The van der Waals surface area contributed by atoms with Gasteiger partial charge in [-0.1, -0.05) is 32.9 Å². The molecule has 0 atom stereocenters. The Bertz CT molecular complexity index is 755. The molecule has 0 radical (unpaired) electrons. The van der Waals surface area contributed by atoms with Gasteiger partial charge in [0.25, 0.3) is 5.91 Å². The van der Waals surface area contributed by atoms with Crippen molar-refractivity contribution in [3.63, 3.8) is 0 Å². The van der Waals surface area contributed by atoms with Crippen LogP contribution in [0.25, 0.3) is 0 Å². The van der Waals surface area contributed by atoms with Gasteiger partial charge in [-0.25, -0.2) is 0 Å². The maximum atomic E-state index is 12.6. The first-order valence-electron chi connectivity index (χ1n) is 8.50. The van der Waals surface area contributed by atoms with Gasteiger partial charge < -0.3 is 10.1 Å². The summed E-state index contributed by atoms with van der Waals surface area (Å²) in [5, 5.41) is 3.00. The van der Waals surface area contributed by atoms with Gasteiger partial charge in [-0.15, -0.1) is 0 Å². The van der Waals surface area contributed by atoms with Crippen LogP contribution in [0.15, 0.2) is 36.4 Å². The predicted octanol–water partition coefficient (Wildman–Crippen LogP) is 4.73. The molecule has 0 unspecified atom stereocenters. The van der Waals surface area contributed by atoms with Crippen LogP contribution in [0.4, 0.5) is 5.69 Å². The van der Waals surface area contributed by atoms with E-state index in [4.69, 9.17) is 4.74 Å². The maximum absolute atomic E-state index is 12.6. The second kappa shape index (κ2) is 6.31. The van der Waals surface area contributed by atoms with Crippen molar-refractivity contribution in [1.29, 1.82) is 0 Å². The van der Waals surface area contributed by atoms with Crippen LogP contribution >= 0.6 is 0 Å². The minimum absolute atomic E-state index is 0.0816. The molecular weight excluding hydrogens is 298 g/mol. The van der Waals surface area contributed by atoms with E-state index >= 15 is 0 Å². The summed E-state index contributed by atoms with van der Waals surface area (Å²) in [5.74, 6) is 0.627. The Morgan fingerprint density at radius 2 is 1.67 bits per heavy atom. The number of rotatable bonds is 3. The van der Waals surface area contributed by atoms with Gasteiger partial charge in [0.2, 0.25) is 0 Å². The SMILES string of the molecule is COc1cc2c(cc1NC(=O)c1ccc(C(C)(C)C)cc1)CCC2. The number of ether oxygens (including phenoxy) is 1. The van der Waals surface area contributed by atoms with Gasteiger partial charge in [0.05, 0.1) is 12.8 Å². The van der Waals surface area contributed by atoms with E-state index in [0.29, 0.717) is 5.56 Å². The standard InChI is InChI=1S/C21H25NO2/c1-21(2,3)17-10-8-14(9-11-17)20(23)22-18-12-15-6-5-7-16(15)13-19(18)24-4/h8-13H,5-7H2,1-4H3,(H,22,23). The molecule has 0 fully saturated rings. The van der Waals surface area contributed by atoms with E-state index in [-0.39, 0.29) is 11.3 Å². The van der Waals surface area contributed by atoms with Crippen LogP contribution in [0, 0.1) is 0 Å². The Morgan fingerprint density at radius 3 is 2.25 bits per heavy atom. The van der Waals surface area contributed by atoms with Crippen LogP contribution in [0.3, 0.4) is 0 Å². The van der Waals surface area contributed by atoms with E-state index in [1.807, 2.05) is 24.3 Å². The minimum atomic E-state index is -0.105. The largest absolute Gasteiger partial charge is 0.495 e. The van der Waals surface area contributed by atoms with Crippen molar-refractivity contribution in [2.75, 3.05) is 12.4 Å². The number of hydrogen-bond acceptors (Lipinski definition) is 2. The molecule has 0 spiro atoms. The van der Waals surface area contributed by atoms with Gasteiger partial charge >= 0.3 is 0 Å². The summed E-state index contributed by atoms with van der Waals surface area (Å²) in [4.78, 5) is 12.6. The average Bonchev–Trinajstić information content (AvgIpc) is 3.00. The third-order valence-electron chi connectivity index (χ3n) is 4.68. The van der Waals surface area contributed by atoms with Crippen LogP contribution in [0.2, 0.25) is 0 Å². The molecule has 0 aromatic heterocycles. The van der Waals surface area contributed by atoms with Gasteiger partial charge in [0, 0.05) is 5.56 Å². The third kappa shape index (κ3) is 3.30. The Hall–Kier alpha value is -2.29. The molecule has 0 heterocycles. The molecule has 1 aliphatic rings. The molecule has 2 aromatic carbocycles. The van der Waals surface area contributed by atoms with Crippen molar-refractivity contribution in [3.8, 4) is 5.75 Å². The van der Waals surface area contributed by atoms with E-state index < -0.39 is 0 Å². The van der Waals surface area contributed by atoms with Gasteiger partial charge in [-0.3, -0.25) is 4.79 Å². The molecule has 24 heavy (non-hydrogen) atoms. The molecule has 1 amide bonds. The summed E-state index contributed by atoms with van der Waals surface area (Å²) >= 11 is 0. The van der Waals surface area contributed by atoms with E-state index in [0.717, 1.165) is 24.3 Å². The molecule has 126 valence electrons. The number of anilines is 1. The maximum Gasteiger partial charge on any atom is 0.255 e. The summed E-state index contributed by atoms with van der Waals surface area (Å²) in [5.41, 5.74) is 5.36. The second-order valence-corrected chi connectivity index (χ2v) is 7.46. The van der Waals surface area contributed by atoms with Gasteiger partial charge in [-0.2, -0.15) is 0 Å². The van der Waals surface area contributed by atoms with Crippen LogP contribution in [0.5, 0.6) is 5.75 Å². The quantitative estimate of drug-likeness (QED) is 0.886. The van der Waals surface area contributed by atoms with Crippen LogP contribution in [0.1, 0.15) is 54.2 Å². The lowest BCUT2D eigenvalue weighted by Crippen LogP contribution is -2.15. The lowest BCUT2D eigenvalue weighted by atomic mass is 9.87. The zero-order chi connectivity index (χ0) is 17.3. The number of nitrogens with one attached hydrogen (secondary N) is 1. The Morgan fingerprint density at radius 1 is 1.04 bits per heavy atom. The topological polar surface area (TPSA) is 38.3 Å². The Labute approximate surface area is 144 Å². The van der Waals surface area contributed by atoms with Crippen molar-refractivity contribution >= 4 is 11.6 Å². The highest BCUT2D eigenvalue weighted by Crippen LogP contribution is 2.33. The summed E-state index contributed by atoms with van der Waals surface area (Å²) in [7, 11) is 1.64. The number of benzene rings is 2. The number of hydrogen-bond donors (Lipinski definition) is 1. The van der Waals surface area contributed by atoms with Crippen molar-refractivity contribution in [2.24, 2.45) is 0 Å². The lowest BCUT2D eigenvalue weighted by molar-refractivity contribution is 0.102. The monoisotopic (exact) mass is 323 g/mol. The molecular formula is C21H25NO2. The molecule has 1 N–H and O–H groups in total. The summed E-state index contributed by atoms with van der Waals surface area (Å²) in [6.07, 6.45) is 3.33. The van der Waals surface area contributed by atoms with Gasteiger partial charge in [0.1, 0.15) is 5.75 Å². The number of methoxy groups -OCH3 is 1. The Kier molecular flexibility index (Phi) is 4.35. The fourth-order valence-corrected chi connectivity index (χ4v) is 3.18. The Balaban J connectivity index is 1.82.